The average Bonchev–Trinajstić information content (AvgIpc) is 3.14. The van der Waals surface area contributed by atoms with E-state index in [-0.39, 0.29) is 6.61 Å². The van der Waals surface area contributed by atoms with E-state index in [9.17, 15) is 0 Å². The smallest absolute Gasteiger partial charge is 0.224 e. The minimum absolute atomic E-state index is 0.0354. The highest BCUT2D eigenvalue weighted by Gasteiger charge is 2.20. The van der Waals surface area contributed by atoms with Crippen molar-refractivity contribution in [3.8, 4) is 0 Å². The van der Waals surface area contributed by atoms with Gasteiger partial charge < -0.3 is 20.5 Å². The summed E-state index contributed by atoms with van der Waals surface area (Å²) in [5.41, 5.74) is 2.08. The third kappa shape index (κ3) is 4.56. The molecule has 2 heterocycles. The zero-order valence-corrected chi connectivity index (χ0v) is 14.1. The molecule has 24 heavy (non-hydrogen) atoms. The van der Waals surface area contributed by atoms with Crippen LogP contribution in [0.15, 0.2) is 30.3 Å². The van der Waals surface area contributed by atoms with Crippen LogP contribution in [0.2, 0.25) is 5.02 Å². The number of hydrogen-bond donors (Lipinski definition) is 3. The maximum atomic E-state index is 8.99. The number of nitrogens with one attached hydrogen (secondary N) is 2. The number of ether oxygens (including phenoxy) is 1. The third-order valence-corrected chi connectivity index (χ3v) is 4.13. The lowest BCUT2D eigenvalue weighted by atomic mass is 10.0. The normalized spacial score (nSPS) is 17.0. The monoisotopic (exact) mass is 348 g/mol. The zero-order chi connectivity index (χ0) is 16.8. The van der Waals surface area contributed by atoms with E-state index < -0.39 is 0 Å². The first-order valence-electron chi connectivity index (χ1n) is 8.04. The summed E-state index contributed by atoms with van der Waals surface area (Å²) < 4.78 is 5.46. The van der Waals surface area contributed by atoms with E-state index in [4.69, 9.17) is 21.4 Å². The largest absolute Gasteiger partial charge is 0.395 e. The van der Waals surface area contributed by atoms with Crippen LogP contribution in [0, 0.1) is 0 Å². The van der Waals surface area contributed by atoms with E-state index in [0.29, 0.717) is 31.6 Å². The highest BCUT2D eigenvalue weighted by molar-refractivity contribution is 6.30. The molecule has 0 bridgehead atoms. The number of halogens is 1. The molecule has 1 aliphatic rings. The van der Waals surface area contributed by atoms with Crippen LogP contribution in [0.1, 0.15) is 23.6 Å². The Morgan fingerprint density at radius 3 is 2.75 bits per heavy atom. The molecule has 7 heteroatoms. The lowest BCUT2D eigenvalue weighted by Gasteiger charge is -2.13. The molecule has 0 saturated carbocycles. The summed E-state index contributed by atoms with van der Waals surface area (Å²) in [7, 11) is 0. The lowest BCUT2D eigenvalue weighted by Crippen LogP contribution is -2.13. The van der Waals surface area contributed by atoms with Gasteiger partial charge in [-0.3, -0.25) is 0 Å². The fourth-order valence-electron chi connectivity index (χ4n) is 2.58. The zero-order valence-electron chi connectivity index (χ0n) is 13.3. The summed E-state index contributed by atoms with van der Waals surface area (Å²) in [6, 6.07) is 9.67. The van der Waals surface area contributed by atoms with Crippen LogP contribution < -0.4 is 10.6 Å². The number of benzene rings is 1. The fraction of sp³-hybridized carbons (Fsp3) is 0.412. The van der Waals surface area contributed by atoms with Gasteiger partial charge in [0.05, 0.1) is 18.9 Å². The van der Waals surface area contributed by atoms with E-state index in [1.165, 1.54) is 0 Å². The van der Waals surface area contributed by atoms with Crippen LogP contribution in [0.4, 0.5) is 11.8 Å². The Hall–Kier alpha value is -1.89. The molecule has 1 aromatic heterocycles. The summed E-state index contributed by atoms with van der Waals surface area (Å²) in [4.78, 5) is 9.01. The van der Waals surface area contributed by atoms with E-state index in [1.54, 1.807) is 0 Å². The molecular weight excluding hydrogens is 328 g/mol. The summed E-state index contributed by atoms with van der Waals surface area (Å²) >= 11 is 5.91. The molecule has 0 radical (unpaired) electrons. The SMILES string of the molecule is OCCNc1nc(NCc2ccc(Cl)cc2)cc([C@@H]2CCOC2)n1. The second kappa shape index (κ2) is 8.28. The lowest BCUT2D eigenvalue weighted by molar-refractivity contribution is 0.193. The van der Waals surface area contributed by atoms with Crippen LogP contribution >= 0.6 is 11.6 Å². The molecule has 1 aliphatic heterocycles. The molecule has 0 spiro atoms. The molecule has 3 rings (SSSR count). The van der Waals surface area contributed by atoms with Gasteiger partial charge in [0.25, 0.3) is 0 Å². The molecule has 1 fully saturated rings. The third-order valence-electron chi connectivity index (χ3n) is 3.88. The number of anilines is 2. The molecule has 1 aromatic carbocycles. The number of hydrogen-bond acceptors (Lipinski definition) is 6. The molecule has 3 N–H and O–H groups in total. The molecule has 0 amide bonds. The predicted octanol–water partition coefficient (Wildman–Crippen LogP) is 2.65. The maximum absolute atomic E-state index is 8.99. The van der Waals surface area contributed by atoms with Crippen LogP contribution in [0.25, 0.3) is 0 Å². The number of aliphatic hydroxyl groups excluding tert-OH is 1. The van der Waals surface area contributed by atoms with E-state index in [1.807, 2.05) is 30.3 Å². The Labute approximate surface area is 146 Å². The van der Waals surface area contributed by atoms with Crippen molar-refractivity contribution < 1.29 is 9.84 Å². The number of rotatable bonds is 7. The molecule has 6 nitrogen and oxygen atoms in total. The van der Waals surface area contributed by atoms with Gasteiger partial charge in [-0.2, -0.15) is 4.98 Å². The summed E-state index contributed by atoms with van der Waals surface area (Å²) in [5.74, 6) is 1.56. The number of nitrogens with zero attached hydrogens (tertiary/aromatic N) is 2. The minimum atomic E-state index is 0.0354. The molecule has 1 atom stereocenters. The van der Waals surface area contributed by atoms with Crippen molar-refractivity contribution in [2.24, 2.45) is 0 Å². The molecule has 1 saturated heterocycles. The average molecular weight is 349 g/mol. The highest BCUT2D eigenvalue weighted by Crippen LogP contribution is 2.26. The highest BCUT2D eigenvalue weighted by atomic mass is 35.5. The van der Waals surface area contributed by atoms with E-state index in [2.05, 4.69) is 20.6 Å². The van der Waals surface area contributed by atoms with Crippen molar-refractivity contribution in [3.63, 3.8) is 0 Å². The van der Waals surface area contributed by atoms with Crippen molar-refractivity contribution >= 4 is 23.4 Å². The van der Waals surface area contributed by atoms with Crippen LogP contribution in [0.5, 0.6) is 0 Å². The van der Waals surface area contributed by atoms with Gasteiger partial charge in [0.1, 0.15) is 5.82 Å². The molecular formula is C17H21ClN4O2. The first-order chi connectivity index (χ1) is 11.7. The van der Waals surface area contributed by atoms with Gasteiger partial charge in [-0.15, -0.1) is 0 Å². The molecule has 2 aromatic rings. The van der Waals surface area contributed by atoms with Gasteiger partial charge in [0.15, 0.2) is 0 Å². The Balaban J connectivity index is 1.74. The number of aromatic nitrogens is 2. The van der Waals surface area contributed by atoms with Gasteiger partial charge in [0, 0.05) is 36.7 Å². The molecule has 0 unspecified atom stereocenters. The Morgan fingerprint density at radius 1 is 1.21 bits per heavy atom. The van der Waals surface area contributed by atoms with Crippen molar-refractivity contribution in [2.75, 3.05) is 37.0 Å². The fourth-order valence-corrected chi connectivity index (χ4v) is 2.70. The standard InChI is InChI=1S/C17H21ClN4O2/c18-14-3-1-12(2-4-14)10-20-16-9-15(13-5-8-24-11-13)21-17(22-16)19-6-7-23/h1-4,9,13,23H,5-8,10-11H2,(H2,19,20,21,22)/t13-/m1/s1. The summed E-state index contributed by atoms with van der Waals surface area (Å²) in [6.07, 6.45) is 0.965. The first-order valence-corrected chi connectivity index (χ1v) is 8.42. The van der Waals surface area contributed by atoms with Gasteiger partial charge in [-0.25, -0.2) is 4.98 Å². The quantitative estimate of drug-likeness (QED) is 0.714. The van der Waals surface area contributed by atoms with Crippen LogP contribution in [0.3, 0.4) is 0 Å². The van der Waals surface area contributed by atoms with Crippen LogP contribution in [-0.4, -0.2) is 41.4 Å². The van der Waals surface area contributed by atoms with Crippen LogP contribution in [-0.2, 0) is 11.3 Å². The second-order valence-electron chi connectivity index (χ2n) is 5.69. The van der Waals surface area contributed by atoms with Crippen molar-refractivity contribution in [1.29, 1.82) is 0 Å². The van der Waals surface area contributed by atoms with Crippen molar-refractivity contribution in [2.45, 2.75) is 18.9 Å². The Morgan fingerprint density at radius 2 is 2.04 bits per heavy atom. The second-order valence-corrected chi connectivity index (χ2v) is 6.13. The van der Waals surface area contributed by atoms with Gasteiger partial charge in [-0.1, -0.05) is 23.7 Å². The van der Waals surface area contributed by atoms with Gasteiger partial charge >= 0.3 is 0 Å². The number of aliphatic hydroxyl groups is 1. The summed E-state index contributed by atoms with van der Waals surface area (Å²) in [6.45, 7) is 2.55. The predicted molar refractivity (Wildman–Crippen MR) is 94.6 cm³/mol. The summed E-state index contributed by atoms with van der Waals surface area (Å²) in [5, 5.41) is 16.1. The van der Waals surface area contributed by atoms with Crippen molar-refractivity contribution in [3.05, 3.63) is 46.6 Å². The maximum Gasteiger partial charge on any atom is 0.224 e. The van der Waals surface area contributed by atoms with Crippen molar-refractivity contribution in [1.82, 2.24) is 9.97 Å². The Kier molecular flexibility index (Phi) is 5.85. The molecule has 128 valence electrons. The van der Waals surface area contributed by atoms with E-state index in [0.717, 1.165) is 35.1 Å². The topological polar surface area (TPSA) is 79.3 Å². The van der Waals surface area contributed by atoms with Gasteiger partial charge in [0.2, 0.25) is 5.95 Å². The molecule has 0 aliphatic carbocycles. The van der Waals surface area contributed by atoms with E-state index >= 15 is 0 Å². The Bertz CT molecular complexity index is 660. The van der Waals surface area contributed by atoms with Gasteiger partial charge in [-0.05, 0) is 24.1 Å². The minimum Gasteiger partial charge on any atom is -0.395 e. The first kappa shape index (κ1) is 17.0.